The fraction of sp³-hybridized carbons (Fsp3) is 0.941. The Bertz CT molecular complexity index is 398. The number of likely N-dealkylation sites (tertiary alicyclic amines) is 1. The molecule has 118 valence electrons. The lowest BCUT2D eigenvalue weighted by atomic mass is 9.71. The van der Waals surface area contributed by atoms with E-state index in [0.29, 0.717) is 5.91 Å². The number of hydrogen-bond donors (Lipinski definition) is 1. The number of carbonyl (C=O) groups excluding carboxylic acids is 1. The molecule has 1 atom stereocenters. The van der Waals surface area contributed by atoms with Crippen molar-refractivity contribution in [1.82, 2.24) is 10.2 Å². The molecule has 0 aromatic carbocycles. The molecular formula is C17H28N2O2. The van der Waals surface area contributed by atoms with Gasteiger partial charge in [-0.05, 0) is 50.4 Å². The molecule has 1 amide bonds. The third kappa shape index (κ3) is 3.11. The minimum absolute atomic E-state index is 0.193. The molecular weight excluding hydrogens is 264 g/mol. The van der Waals surface area contributed by atoms with E-state index >= 15 is 0 Å². The molecule has 2 saturated heterocycles. The van der Waals surface area contributed by atoms with Crippen LogP contribution in [0.5, 0.6) is 0 Å². The summed E-state index contributed by atoms with van der Waals surface area (Å²) in [5, 5.41) is 3.24. The van der Waals surface area contributed by atoms with Crippen molar-refractivity contribution in [2.75, 3.05) is 39.4 Å². The third-order valence-electron chi connectivity index (χ3n) is 6.00. The Balaban J connectivity index is 1.42. The van der Waals surface area contributed by atoms with Gasteiger partial charge in [0, 0.05) is 44.8 Å². The average molecular weight is 292 g/mol. The monoisotopic (exact) mass is 292 g/mol. The van der Waals surface area contributed by atoms with Crippen LogP contribution in [0.2, 0.25) is 0 Å². The number of ether oxygens (including phenoxy) is 1. The van der Waals surface area contributed by atoms with E-state index in [4.69, 9.17) is 4.74 Å². The van der Waals surface area contributed by atoms with Crippen LogP contribution in [-0.2, 0) is 9.53 Å². The first kappa shape index (κ1) is 14.0. The SMILES string of the molecule is O=C(NCC1CC1)[C@@H]1CN(CC2CC2)CC12CCOCC2. The molecule has 2 saturated carbocycles. The van der Waals surface area contributed by atoms with Gasteiger partial charge < -0.3 is 15.0 Å². The molecule has 0 radical (unpaired) electrons. The van der Waals surface area contributed by atoms with Crippen LogP contribution in [-0.4, -0.2) is 50.2 Å². The highest BCUT2D eigenvalue weighted by Gasteiger charge is 2.51. The number of nitrogens with zero attached hydrogens (tertiary/aromatic N) is 1. The highest BCUT2D eigenvalue weighted by molar-refractivity contribution is 5.80. The lowest BCUT2D eigenvalue weighted by Gasteiger charge is -2.37. The van der Waals surface area contributed by atoms with Crippen molar-refractivity contribution < 1.29 is 9.53 Å². The second-order valence-electron chi connectivity index (χ2n) is 7.85. The zero-order valence-electron chi connectivity index (χ0n) is 13.0. The van der Waals surface area contributed by atoms with Crippen molar-refractivity contribution in [3.63, 3.8) is 0 Å². The molecule has 4 nitrogen and oxygen atoms in total. The molecule has 4 rings (SSSR count). The van der Waals surface area contributed by atoms with Gasteiger partial charge >= 0.3 is 0 Å². The van der Waals surface area contributed by atoms with Crippen molar-refractivity contribution in [3.8, 4) is 0 Å². The van der Waals surface area contributed by atoms with E-state index in [0.717, 1.165) is 57.5 Å². The summed E-state index contributed by atoms with van der Waals surface area (Å²) in [6.45, 7) is 5.90. The largest absolute Gasteiger partial charge is 0.381 e. The molecule has 2 aliphatic carbocycles. The van der Waals surface area contributed by atoms with Gasteiger partial charge in [-0.25, -0.2) is 0 Å². The third-order valence-corrected chi connectivity index (χ3v) is 6.00. The van der Waals surface area contributed by atoms with Gasteiger partial charge in [0.15, 0.2) is 0 Å². The number of amides is 1. The Morgan fingerprint density at radius 2 is 1.86 bits per heavy atom. The second kappa shape index (κ2) is 5.54. The molecule has 0 aromatic heterocycles. The van der Waals surface area contributed by atoms with Crippen molar-refractivity contribution in [1.29, 1.82) is 0 Å². The van der Waals surface area contributed by atoms with Gasteiger partial charge in [0.25, 0.3) is 0 Å². The van der Waals surface area contributed by atoms with Crippen LogP contribution in [0, 0.1) is 23.2 Å². The first-order valence-electron chi connectivity index (χ1n) is 8.83. The van der Waals surface area contributed by atoms with E-state index in [2.05, 4.69) is 10.2 Å². The van der Waals surface area contributed by atoms with Gasteiger partial charge in [-0.2, -0.15) is 0 Å². The van der Waals surface area contributed by atoms with Gasteiger partial charge in [-0.1, -0.05) is 0 Å². The topological polar surface area (TPSA) is 41.6 Å². The summed E-state index contributed by atoms with van der Waals surface area (Å²) in [5.41, 5.74) is 0.195. The number of rotatable bonds is 5. The van der Waals surface area contributed by atoms with Gasteiger partial charge in [-0.15, -0.1) is 0 Å². The predicted molar refractivity (Wildman–Crippen MR) is 80.9 cm³/mol. The summed E-state index contributed by atoms with van der Waals surface area (Å²) in [6, 6.07) is 0. The van der Waals surface area contributed by atoms with Crippen molar-refractivity contribution in [2.24, 2.45) is 23.2 Å². The van der Waals surface area contributed by atoms with Crippen molar-refractivity contribution in [2.45, 2.75) is 38.5 Å². The summed E-state index contributed by atoms with van der Waals surface area (Å²) in [7, 11) is 0. The molecule has 21 heavy (non-hydrogen) atoms. The van der Waals surface area contributed by atoms with E-state index in [9.17, 15) is 4.79 Å². The lowest BCUT2D eigenvalue weighted by Crippen LogP contribution is -2.44. The molecule has 0 aromatic rings. The maximum absolute atomic E-state index is 12.7. The molecule has 4 heteroatoms. The van der Waals surface area contributed by atoms with Crippen LogP contribution in [0.4, 0.5) is 0 Å². The maximum atomic E-state index is 12.7. The molecule has 0 unspecified atom stereocenters. The van der Waals surface area contributed by atoms with Crippen LogP contribution in [0.1, 0.15) is 38.5 Å². The average Bonchev–Trinajstić information content (AvgIpc) is 3.38. The zero-order valence-corrected chi connectivity index (χ0v) is 13.0. The zero-order chi connectivity index (χ0) is 14.3. The summed E-state index contributed by atoms with van der Waals surface area (Å²) in [6.07, 6.45) is 7.52. The van der Waals surface area contributed by atoms with Gasteiger partial charge in [0.2, 0.25) is 5.91 Å². The van der Waals surface area contributed by atoms with Crippen LogP contribution in [0.25, 0.3) is 0 Å². The molecule has 4 fully saturated rings. The minimum Gasteiger partial charge on any atom is -0.381 e. The Hall–Kier alpha value is -0.610. The Morgan fingerprint density at radius 1 is 1.14 bits per heavy atom. The highest BCUT2D eigenvalue weighted by Crippen LogP contribution is 2.45. The molecule has 4 aliphatic rings. The normalized spacial score (nSPS) is 32.5. The van der Waals surface area contributed by atoms with E-state index in [-0.39, 0.29) is 11.3 Å². The maximum Gasteiger partial charge on any atom is 0.225 e. The molecule has 2 aliphatic heterocycles. The molecule has 1 N–H and O–H groups in total. The van der Waals surface area contributed by atoms with Gasteiger partial charge in [0.1, 0.15) is 0 Å². The molecule has 2 heterocycles. The van der Waals surface area contributed by atoms with E-state index < -0.39 is 0 Å². The van der Waals surface area contributed by atoms with Gasteiger partial charge in [0.05, 0.1) is 5.92 Å². The summed E-state index contributed by atoms with van der Waals surface area (Å²) < 4.78 is 5.57. The van der Waals surface area contributed by atoms with Crippen LogP contribution in [0.3, 0.4) is 0 Å². The van der Waals surface area contributed by atoms with Gasteiger partial charge in [-0.3, -0.25) is 4.79 Å². The van der Waals surface area contributed by atoms with Crippen molar-refractivity contribution in [3.05, 3.63) is 0 Å². The minimum atomic E-state index is 0.193. The molecule has 1 spiro atoms. The first-order chi connectivity index (χ1) is 10.3. The Morgan fingerprint density at radius 3 is 2.52 bits per heavy atom. The Kier molecular flexibility index (Phi) is 3.70. The fourth-order valence-corrected chi connectivity index (χ4v) is 4.21. The molecule has 0 bridgehead atoms. The fourth-order valence-electron chi connectivity index (χ4n) is 4.21. The summed E-state index contributed by atoms with van der Waals surface area (Å²) >= 11 is 0. The summed E-state index contributed by atoms with van der Waals surface area (Å²) in [5.74, 6) is 2.19. The van der Waals surface area contributed by atoms with Crippen molar-refractivity contribution >= 4 is 5.91 Å². The smallest absolute Gasteiger partial charge is 0.225 e. The first-order valence-corrected chi connectivity index (χ1v) is 8.83. The Labute approximate surface area is 127 Å². The van der Waals surface area contributed by atoms with E-state index in [1.165, 1.54) is 32.2 Å². The number of carbonyl (C=O) groups is 1. The van der Waals surface area contributed by atoms with Crippen LogP contribution >= 0.6 is 0 Å². The second-order valence-corrected chi connectivity index (χ2v) is 7.85. The van der Waals surface area contributed by atoms with Crippen LogP contribution < -0.4 is 5.32 Å². The number of hydrogen-bond acceptors (Lipinski definition) is 3. The lowest BCUT2D eigenvalue weighted by molar-refractivity contribution is -0.129. The number of nitrogens with one attached hydrogen (secondary N) is 1. The van der Waals surface area contributed by atoms with Crippen LogP contribution in [0.15, 0.2) is 0 Å². The standard InChI is InChI=1S/C17H28N2O2/c20-16(18-9-13-1-2-13)15-11-19(10-14-3-4-14)12-17(15)5-7-21-8-6-17/h13-15H,1-12H2,(H,18,20)/t15-/m0/s1. The van der Waals surface area contributed by atoms with E-state index in [1.54, 1.807) is 0 Å². The highest BCUT2D eigenvalue weighted by atomic mass is 16.5. The predicted octanol–water partition coefficient (Wildman–Crippen LogP) is 1.65. The summed E-state index contributed by atoms with van der Waals surface area (Å²) in [4.78, 5) is 15.3. The van der Waals surface area contributed by atoms with E-state index in [1.807, 2.05) is 0 Å². The quantitative estimate of drug-likeness (QED) is 0.838.